The second-order valence-electron chi connectivity index (χ2n) is 5.82. The number of carbonyl (C=O) groups excluding carboxylic acids is 1. The van der Waals surface area contributed by atoms with Gasteiger partial charge in [-0.3, -0.25) is 4.79 Å². The molecular weight excluding hydrogens is 718 g/mol. The summed E-state index contributed by atoms with van der Waals surface area (Å²) < 4.78 is 3.90. The van der Waals surface area contributed by atoms with Crippen LogP contribution in [0.1, 0.15) is 5.69 Å². The summed E-state index contributed by atoms with van der Waals surface area (Å²) in [5.41, 5.74) is 3.34. The van der Waals surface area contributed by atoms with Crippen LogP contribution < -0.4 is 5.32 Å². The summed E-state index contributed by atoms with van der Waals surface area (Å²) >= 11 is 18.8. The van der Waals surface area contributed by atoms with Crippen LogP contribution in [0.4, 0.5) is 5.69 Å². The van der Waals surface area contributed by atoms with Gasteiger partial charge in [-0.05, 0) is 92.6 Å². The highest BCUT2D eigenvalue weighted by Crippen LogP contribution is 2.47. The Hall–Kier alpha value is -0.260. The van der Waals surface area contributed by atoms with E-state index in [1.807, 2.05) is 43.3 Å². The third-order valence-corrected chi connectivity index (χ3v) is 10.7. The van der Waals surface area contributed by atoms with E-state index in [-0.39, 0.29) is 11.7 Å². The average molecular weight is 730 g/mol. The molecule has 3 rings (SSSR count). The van der Waals surface area contributed by atoms with Gasteiger partial charge in [0.15, 0.2) is 5.16 Å². The summed E-state index contributed by atoms with van der Waals surface area (Å²) in [6.45, 7) is 1.92. The molecule has 0 aliphatic rings. The Morgan fingerprint density at radius 1 is 0.931 bits per heavy atom. The Balaban J connectivity index is 1.75. The van der Waals surface area contributed by atoms with E-state index in [0.29, 0.717) is 10.8 Å². The number of hydrogen-bond donors (Lipinski definition) is 1. The lowest BCUT2D eigenvalue weighted by Gasteiger charge is -2.14. The normalized spacial score (nSPS) is 10.8. The number of carbonyl (C=O) groups is 1. The number of rotatable bonds is 5. The van der Waals surface area contributed by atoms with Crippen molar-refractivity contribution in [1.82, 2.24) is 9.97 Å². The molecule has 4 nitrogen and oxygen atoms in total. The van der Waals surface area contributed by atoms with Gasteiger partial charge in [-0.25, -0.2) is 9.97 Å². The molecule has 2 aromatic carbocycles. The Morgan fingerprint density at radius 3 is 2.14 bits per heavy atom. The van der Waals surface area contributed by atoms with Gasteiger partial charge in [0, 0.05) is 24.7 Å². The number of benzene rings is 2. The zero-order valence-corrected chi connectivity index (χ0v) is 23.5. The van der Waals surface area contributed by atoms with Gasteiger partial charge in [-0.1, -0.05) is 42.1 Å². The maximum absolute atomic E-state index is 12.6. The van der Waals surface area contributed by atoms with E-state index < -0.39 is 0 Å². The molecule has 3 aromatic rings. The molecule has 0 bridgehead atoms. The molecule has 1 amide bonds. The molecule has 0 aliphatic carbocycles. The van der Waals surface area contributed by atoms with Crippen molar-refractivity contribution < 1.29 is 4.79 Å². The van der Waals surface area contributed by atoms with Crippen LogP contribution in [-0.2, 0) is 4.79 Å². The van der Waals surface area contributed by atoms with Crippen molar-refractivity contribution in [3.63, 3.8) is 0 Å². The van der Waals surface area contributed by atoms with Crippen molar-refractivity contribution in [2.24, 2.45) is 0 Å². The van der Waals surface area contributed by atoms with Gasteiger partial charge < -0.3 is 5.32 Å². The van der Waals surface area contributed by atoms with Crippen LogP contribution in [0.5, 0.6) is 0 Å². The third-order valence-electron chi connectivity index (χ3n) is 3.71. The molecular formula is C19H12Br5N3OS. The Bertz CT molecular complexity index is 1050. The van der Waals surface area contributed by atoms with Crippen LogP contribution in [-0.4, -0.2) is 21.6 Å². The van der Waals surface area contributed by atoms with Crippen molar-refractivity contribution in [3.05, 3.63) is 64.5 Å². The third kappa shape index (κ3) is 5.71. The lowest BCUT2D eigenvalue weighted by atomic mass is 10.1. The van der Waals surface area contributed by atoms with E-state index in [2.05, 4.69) is 94.9 Å². The Morgan fingerprint density at radius 2 is 1.52 bits per heavy atom. The van der Waals surface area contributed by atoms with E-state index in [0.717, 1.165) is 39.3 Å². The summed E-state index contributed by atoms with van der Waals surface area (Å²) in [6, 6.07) is 11.8. The molecule has 0 atom stereocenters. The monoisotopic (exact) mass is 725 g/mol. The first-order chi connectivity index (χ1) is 13.8. The van der Waals surface area contributed by atoms with Crippen LogP contribution in [0, 0.1) is 6.92 Å². The second-order valence-corrected chi connectivity index (χ2v) is 10.7. The highest BCUT2D eigenvalue weighted by Gasteiger charge is 2.19. The van der Waals surface area contributed by atoms with Crippen LogP contribution in [0.2, 0.25) is 0 Å². The molecule has 0 radical (unpaired) electrons. The van der Waals surface area contributed by atoms with E-state index in [4.69, 9.17) is 0 Å². The molecule has 10 heteroatoms. The first-order valence-electron chi connectivity index (χ1n) is 8.13. The molecule has 0 fully saturated rings. The van der Waals surface area contributed by atoms with Gasteiger partial charge >= 0.3 is 0 Å². The van der Waals surface area contributed by atoms with E-state index in [9.17, 15) is 4.79 Å². The fraction of sp³-hybridized carbons (Fsp3) is 0.105. The summed E-state index contributed by atoms with van der Waals surface area (Å²) in [7, 11) is 0. The van der Waals surface area contributed by atoms with Crippen LogP contribution >= 0.6 is 91.4 Å². The highest BCUT2D eigenvalue weighted by molar-refractivity contribution is 9.15. The maximum Gasteiger partial charge on any atom is 0.234 e. The van der Waals surface area contributed by atoms with Crippen molar-refractivity contribution in [2.75, 3.05) is 11.1 Å². The van der Waals surface area contributed by atoms with Gasteiger partial charge in [-0.15, -0.1) is 0 Å². The average Bonchev–Trinajstić information content (AvgIpc) is 2.72. The fourth-order valence-electron chi connectivity index (χ4n) is 2.38. The predicted molar refractivity (Wildman–Crippen MR) is 137 cm³/mol. The van der Waals surface area contributed by atoms with E-state index in [1.54, 1.807) is 0 Å². The minimum absolute atomic E-state index is 0.163. The molecule has 1 heterocycles. The summed E-state index contributed by atoms with van der Waals surface area (Å²) in [5.74, 6) is 0.0193. The Kier molecular flexibility index (Phi) is 8.37. The lowest BCUT2D eigenvalue weighted by Crippen LogP contribution is -2.15. The first-order valence-corrected chi connectivity index (χ1v) is 13.1. The number of nitrogens with zero attached hydrogens (tertiary/aromatic N) is 2. The van der Waals surface area contributed by atoms with Gasteiger partial charge in [0.05, 0.1) is 26.1 Å². The lowest BCUT2D eigenvalue weighted by molar-refractivity contribution is -0.113. The number of nitrogens with one attached hydrogen (secondary N) is 1. The molecule has 0 saturated carbocycles. The molecule has 0 spiro atoms. The zero-order valence-electron chi connectivity index (χ0n) is 14.8. The molecule has 0 aliphatic heterocycles. The number of anilines is 1. The molecule has 0 unspecified atom stereocenters. The summed E-state index contributed by atoms with van der Waals surface area (Å²) in [6.07, 6.45) is 0. The van der Waals surface area contributed by atoms with Crippen molar-refractivity contribution in [1.29, 1.82) is 0 Å². The van der Waals surface area contributed by atoms with E-state index in [1.165, 1.54) is 11.8 Å². The number of amides is 1. The molecule has 29 heavy (non-hydrogen) atoms. The molecule has 1 aromatic heterocycles. The SMILES string of the molecule is Cc1cc(-c2ccccc2)nc(SCC(=O)Nc2c(Br)c(Br)c(Br)c(Br)c2Br)n1. The zero-order chi connectivity index (χ0) is 21.1. The molecule has 0 saturated heterocycles. The summed E-state index contributed by atoms with van der Waals surface area (Å²) in [4.78, 5) is 21.6. The van der Waals surface area contributed by atoms with Crippen LogP contribution in [0.15, 0.2) is 63.9 Å². The number of thioether (sulfide) groups is 1. The topological polar surface area (TPSA) is 54.9 Å². The molecule has 150 valence electrons. The predicted octanol–water partition coefficient (Wildman–Crippen LogP) is 8.00. The van der Waals surface area contributed by atoms with Gasteiger partial charge in [0.25, 0.3) is 0 Å². The largest absolute Gasteiger partial charge is 0.323 e. The van der Waals surface area contributed by atoms with Gasteiger partial charge in [0.2, 0.25) is 5.91 Å². The van der Waals surface area contributed by atoms with Gasteiger partial charge in [-0.2, -0.15) is 0 Å². The Labute approximate surface area is 214 Å². The van der Waals surface area contributed by atoms with E-state index >= 15 is 0 Å². The van der Waals surface area contributed by atoms with Crippen LogP contribution in [0.25, 0.3) is 11.3 Å². The molecule has 1 N–H and O–H groups in total. The minimum Gasteiger partial charge on any atom is -0.323 e. The van der Waals surface area contributed by atoms with Crippen LogP contribution in [0.3, 0.4) is 0 Å². The minimum atomic E-state index is -0.163. The van der Waals surface area contributed by atoms with Crippen molar-refractivity contribution in [3.8, 4) is 11.3 Å². The maximum atomic E-state index is 12.6. The highest BCUT2D eigenvalue weighted by atomic mass is 79.9. The number of aryl methyl sites for hydroxylation is 1. The fourth-order valence-corrected chi connectivity index (χ4v) is 6.33. The quantitative estimate of drug-likeness (QED) is 0.125. The standard InChI is InChI=1S/C19H12Br5N3OS/c1-9-7-11(10-5-3-2-4-6-10)26-19(25-9)29-8-12(28)27-18-16(23)14(21)13(20)15(22)17(18)24/h2-7H,8H2,1H3,(H,27,28). The number of aromatic nitrogens is 2. The van der Waals surface area contributed by atoms with Crippen molar-refractivity contribution >= 4 is 103 Å². The number of halogens is 5. The summed E-state index contributed by atoms with van der Waals surface area (Å²) in [5, 5.41) is 3.49. The van der Waals surface area contributed by atoms with Gasteiger partial charge in [0.1, 0.15) is 0 Å². The number of hydrogen-bond acceptors (Lipinski definition) is 4. The first kappa shape index (κ1) is 23.4. The van der Waals surface area contributed by atoms with Crippen molar-refractivity contribution in [2.45, 2.75) is 12.1 Å². The second kappa shape index (κ2) is 10.4. The smallest absolute Gasteiger partial charge is 0.234 e.